The fourth-order valence-electron chi connectivity index (χ4n) is 2.12. The molecule has 0 aromatic carbocycles. The van der Waals surface area contributed by atoms with E-state index in [9.17, 15) is 4.79 Å². The molecule has 1 heterocycles. The number of anilines is 1. The summed E-state index contributed by atoms with van der Waals surface area (Å²) < 4.78 is 0. The predicted octanol–water partition coefficient (Wildman–Crippen LogP) is 2.28. The Kier molecular flexibility index (Phi) is 5.19. The molecule has 102 valence electrons. The molecule has 0 saturated carbocycles. The summed E-state index contributed by atoms with van der Waals surface area (Å²) in [5, 5.41) is 6.51. The van der Waals surface area contributed by atoms with Gasteiger partial charge in [0.1, 0.15) is 11.5 Å². The average molecular weight is 252 g/mol. The quantitative estimate of drug-likeness (QED) is 0.815. The Hall–Kier alpha value is -1.52. The van der Waals surface area contributed by atoms with Crippen molar-refractivity contribution in [2.45, 2.75) is 46.6 Å². The Morgan fingerprint density at radius 3 is 2.44 bits per heavy atom. The first kappa shape index (κ1) is 14.5. The van der Waals surface area contributed by atoms with Crippen LogP contribution in [0.15, 0.2) is 6.07 Å². The standard InChI is InChI=1S/C13H24N4O/c1-5-10(6-2)17(8-9(3)4)13(18)11-7-12(14)16-15-11/h7,9-10H,5-6,8H2,1-4H3,(H3,14,15,16). The van der Waals surface area contributed by atoms with Crippen LogP contribution in [-0.2, 0) is 0 Å². The van der Waals surface area contributed by atoms with Crippen molar-refractivity contribution in [1.29, 1.82) is 0 Å². The third-order valence-electron chi connectivity index (χ3n) is 3.03. The number of aromatic amines is 1. The zero-order valence-electron chi connectivity index (χ0n) is 11.7. The molecule has 1 rings (SSSR count). The van der Waals surface area contributed by atoms with Gasteiger partial charge in [0.2, 0.25) is 0 Å². The number of rotatable bonds is 6. The Morgan fingerprint density at radius 1 is 1.44 bits per heavy atom. The van der Waals surface area contributed by atoms with E-state index in [1.165, 1.54) is 0 Å². The zero-order chi connectivity index (χ0) is 13.7. The number of nitrogens with zero attached hydrogens (tertiary/aromatic N) is 2. The van der Waals surface area contributed by atoms with Crippen molar-refractivity contribution in [3.8, 4) is 0 Å². The number of nitrogen functional groups attached to an aromatic ring is 1. The second kappa shape index (κ2) is 6.42. The topological polar surface area (TPSA) is 75.0 Å². The van der Waals surface area contributed by atoms with E-state index in [0.717, 1.165) is 19.4 Å². The van der Waals surface area contributed by atoms with E-state index in [1.807, 2.05) is 4.90 Å². The van der Waals surface area contributed by atoms with Crippen molar-refractivity contribution < 1.29 is 4.79 Å². The van der Waals surface area contributed by atoms with E-state index in [-0.39, 0.29) is 11.9 Å². The average Bonchev–Trinajstić information content (AvgIpc) is 2.74. The van der Waals surface area contributed by atoms with E-state index < -0.39 is 0 Å². The van der Waals surface area contributed by atoms with Gasteiger partial charge in [0.15, 0.2) is 0 Å². The van der Waals surface area contributed by atoms with Crippen molar-refractivity contribution in [3.05, 3.63) is 11.8 Å². The highest BCUT2D eigenvalue weighted by atomic mass is 16.2. The van der Waals surface area contributed by atoms with Crippen molar-refractivity contribution in [1.82, 2.24) is 15.1 Å². The smallest absolute Gasteiger partial charge is 0.272 e. The summed E-state index contributed by atoms with van der Waals surface area (Å²) in [7, 11) is 0. The van der Waals surface area contributed by atoms with Gasteiger partial charge in [-0.2, -0.15) is 5.10 Å². The van der Waals surface area contributed by atoms with Crippen LogP contribution in [0.2, 0.25) is 0 Å². The highest BCUT2D eigenvalue weighted by molar-refractivity contribution is 5.93. The van der Waals surface area contributed by atoms with Crippen LogP contribution >= 0.6 is 0 Å². The van der Waals surface area contributed by atoms with E-state index in [2.05, 4.69) is 37.9 Å². The zero-order valence-corrected chi connectivity index (χ0v) is 11.7. The molecule has 1 aromatic rings. The monoisotopic (exact) mass is 252 g/mol. The van der Waals surface area contributed by atoms with Gasteiger partial charge < -0.3 is 10.6 Å². The van der Waals surface area contributed by atoms with Crippen LogP contribution in [0.5, 0.6) is 0 Å². The first-order valence-corrected chi connectivity index (χ1v) is 6.61. The van der Waals surface area contributed by atoms with Crippen LogP contribution in [0, 0.1) is 5.92 Å². The summed E-state index contributed by atoms with van der Waals surface area (Å²) in [5.74, 6) is 0.781. The molecule has 0 spiro atoms. The lowest BCUT2D eigenvalue weighted by atomic mass is 10.1. The summed E-state index contributed by atoms with van der Waals surface area (Å²) in [6.07, 6.45) is 1.91. The lowest BCUT2D eigenvalue weighted by Crippen LogP contribution is -2.42. The first-order valence-electron chi connectivity index (χ1n) is 6.61. The van der Waals surface area contributed by atoms with Crippen LogP contribution in [0.25, 0.3) is 0 Å². The van der Waals surface area contributed by atoms with Gasteiger partial charge in [0.25, 0.3) is 5.91 Å². The SMILES string of the molecule is CCC(CC)N(CC(C)C)C(=O)c1cc(N)n[nH]1. The molecule has 0 bridgehead atoms. The van der Waals surface area contributed by atoms with E-state index in [4.69, 9.17) is 5.73 Å². The number of nitrogens with two attached hydrogens (primary N) is 1. The summed E-state index contributed by atoms with van der Waals surface area (Å²) in [5.41, 5.74) is 6.02. The number of amides is 1. The van der Waals surface area contributed by atoms with E-state index >= 15 is 0 Å². The normalized spacial score (nSPS) is 11.2. The number of carbonyl (C=O) groups excluding carboxylic acids is 1. The maximum atomic E-state index is 12.5. The summed E-state index contributed by atoms with van der Waals surface area (Å²) in [6.45, 7) is 9.20. The molecule has 0 unspecified atom stereocenters. The third kappa shape index (κ3) is 3.48. The predicted molar refractivity (Wildman–Crippen MR) is 73.2 cm³/mol. The summed E-state index contributed by atoms with van der Waals surface area (Å²) in [4.78, 5) is 14.4. The lowest BCUT2D eigenvalue weighted by molar-refractivity contribution is 0.0634. The van der Waals surface area contributed by atoms with Crippen molar-refractivity contribution in [2.24, 2.45) is 5.92 Å². The lowest BCUT2D eigenvalue weighted by Gasteiger charge is -2.31. The maximum absolute atomic E-state index is 12.5. The molecule has 0 aliphatic carbocycles. The number of hydrogen-bond donors (Lipinski definition) is 2. The molecule has 0 atom stereocenters. The maximum Gasteiger partial charge on any atom is 0.272 e. The van der Waals surface area contributed by atoms with Gasteiger partial charge in [-0.05, 0) is 18.8 Å². The number of aromatic nitrogens is 2. The van der Waals surface area contributed by atoms with Crippen molar-refractivity contribution in [3.63, 3.8) is 0 Å². The van der Waals surface area contributed by atoms with E-state index in [1.54, 1.807) is 6.07 Å². The molecule has 5 heteroatoms. The van der Waals surface area contributed by atoms with Crippen molar-refractivity contribution >= 4 is 11.7 Å². The van der Waals surface area contributed by atoms with Gasteiger partial charge >= 0.3 is 0 Å². The van der Waals surface area contributed by atoms with E-state index in [0.29, 0.717) is 17.4 Å². The van der Waals surface area contributed by atoms with Gasteiger partial charge in [0.05, 0.1) is 0 Å². The number of hydrogen-bond acceptors (Lipinski definition) is 3. The van der Waals surface area contributed by atoms with Crippen LogP contribution in [-0.4, -0.2) is 33.6 Å². The molecule has 0 fully saturated rings. The minimum absolute atomic E-state index is 0.0124. The first-order chi connectivity index (χ1) is 8.49. The third-order valence-corrected chi connectivity index (χ3v) is 3.03. The molecular weight excluding hydrogens is 228 g/mol. The number of H-pyrrole nitrogens is 1. The van der Waals surface area contributed by atoms with Gasteiger partial charge in [-0.15, -0.1) is 0 Å². The minimum atomic E-state index is -0.0124. The van der Waals surface area contributed by atoms with Crippen LogP contribution in [0.4, 0.5) is 5.82 Å². The molecule has 3 N–H and O–H groups in total. The molecule has 0 saturated heterocycles. The molecular formula is C13H24N4O. The Bertz CT molecular complexity index is 382. The molecule has 18 heavy (non-hydrogen) atoms. The molecule has 5 nitrogen and oxygen atoms in total. The fraction of sp³-hybridized carbons (Fsp3) is 0.692. The second-order valence-electron chi connectivity index (χ2n) is 5.03. The van der Waals surface area contributed by atoms with Gasteiger partial charge in [-0.1, -0.05) is 27.7 Å². The number of nitrogens with one attached hydrogen (secondary N) is 1. The fourth-order valence-corrected chi connectivity index (χ4v) is 2.12. The van der Waals surface area contributed by atoms with Crippen LogP contribution < -0.4 is 5.73 Å². The largest absolute Gasteiger partial charge is 0.382 e. The molecule has 1 aromatic heterocycles. The van der Waals surface area contributed by atoms with Crippen LogP contribution in [0.1, 0.15) is 51.0 Å². The Morgan fingerprint density at radius 2 is 2.06 bits per heavy atom. The molecule has 0 aliphatic heterocycles. The molecule has 0 radical (unpaired) electrons. The minimum Gasteiger partial charge on any atom is -0.382 e. The van der Waals surface area contributed by atoms with Crippen molar-refractivity contribution in [2.75, 3.05) is 12.3 Å². The Balaban J connectivity index is 2.91. The van der Waals surface area contributed by atoms with Crippen LogP contribution in [0.3, 0.4) is 0 Å². The van der Waals surface area contributed by atoms with Gasteiger partial charge in [-0.3, -0.25) is 9.89 Å². The molecule has 1 amide bonds. The second-order valence-corrected chi connectivity index (χ2v) is 5.03. The van der Waals surface area contributed by atoms with Gasteiger partial charge in [0, 0.05) is 18.7 Å². The Labute approximate surface area is 109 Å². The van der Waals surface area contributed by atoms with Gasteiger partial charge in [-0.25, -0.2) is 0 Å². The summed E-state index contributed by atoms with van der Waals surface area (Å²) >= 11 is 0. The number of carbonyl (C=O) groups is 1. The summed E-state index contributed by atoms with van der Waals surface area (Å²) in [6, 6.07) is 1.86. The molecule has 0 aliphatic rings. The highest BCUT2D eigenvalue weighted by Crippen LogP contribution is 2.15. The highest BCUT2D eigenvalue weighted by Gasteiger charge is 2.24.